The maximum Gasteiger partial charge on any atom is 0.410 e. The number of aryl methyl sites for hydroxylation is 1. The molecule has 3 aliphatic heterocycles. The third kappa shape index (κ3) is 14.5. The molecule has 2 aromatic heterocycles. The van der Waals surface area contributed by atoms with Crippen LogP contribution in [0.25, 0.3) is 22.3 Å². The van der Waals surface area contributed by atoms with Crippen molar-refractivity contribution in [1.82, 2.24) is 51.3 Å². The number of imide groups is 1. The van der Waals surface area contributed by atoms with Gasteiger partial charge in [-0.1, -0.05) is 37.3 Å². The first kappa shape index (κ1) is 67.0. The van der Waals surface area contributed by atoms with Gasteiger partial charge in [-0.3, -0.25) is 57.7 Å². The van der Waals surface area contributed by atoms with Gasteiger partial charge in [-0.2, -0.15) is 0 Å². The Kier molecular flexibility index (Phi) is 19.5. The van der Waals surface area contributed by atoms with E-state index in [1.165, 1.54) is 10.6 Å². The predicted molar refractivity (Wildman–Crippen MR) is 323 cm³/mol. The zero-order valence-electron chi connectivity index (χ0n) is 52.4. The summed E-state index contributed by atoms with van der Waals surface area (Å²) < 4.78 is 39.4. The summed E-state index contributed by atoms with van der Waals surface area (Å²) in [5.74, 6) is -8.94. The molecule has 490 valence electrons. The quantitative estimate of drug-likeness (QED) is 0.0225. The minimum Gasteiger partial charge on any atom is -0.459 e. The molecule has 5 aliphatic rings. The molecule has 9 amide bonds. The Morgan fingerprint density at radius 3 is 2.12 bits per heavy atom. The first-order valence-corrected chi connectivity index (χ1v) is 30.3. The Morgan fingerprint density at radius 2 is 1.47 bits per heavy atom. The van der Waals surface area contributed by atoms with Crippen LogP contribution in [0.2, 0.25) is 0 Å². The van der Waals surface area contributed by atoms with Crippen LogP contribution >= 0.6 is 0 Å². The lowest BCUT2D eigenvalue weighted by Gasteiger charge is -2.34. The topological polar surface area (TPSA) is 358 Å². The molecule has 27 nitrogen and oxygen atoms in total. The number of cyclic esters (lactones) is 1. The van der Waals surface area contributed by atoms with Gasteiger partial charge in [-0.05, 0) is 122 Å². The van der Waals surface area contributed by atoms with Crippen LogP contribution in [0.15, 0.2) is 59.4 Å². The van der Waals surface area contributed by atoms with Gasteiger partial charge in [0.15, 0.2) is 5.60 Å². The van der Waals surface area contributed by atoms with Crippen molar-refractivity contribution in [1.29, 1.82) is 0 Å². The maximum atomic E-state index is 15.6. The molecule has 1 saturated carbocycles. The molecule has 2 aliphatic carbocycles. The summed E-state index contributed by atoms with van der Waals surface area (Å²) in [6.45, 7) is 8.34. The smallest absolute Gasteiger partial charge is 0.410 e. The van der Waals surface area contributed by atoms with Crippen molar-refractivity contribution in [2.75, 3.05) is 39.5 Å². The number of aliphatic hydroxyl groups is 1. The van der Waals surface area contributed by atoms with E-state index in [9.17, 15) is 62.6 Å². The first-order valence-electron chi connectivity index (χ1n) is 30.3. The summed E-state index contributed by atoms with van der Waals surface area (Å²) >= 11 is 0. The Bertz CT molecular complexity index is 3770. The van der Waals surface area contributed by atoms with E-state index >= 15 is 4.39 Å². The Balaban J connectivity index is 0.811. The third-order valence-corrected chi connectivity index (χ3v) is 16.6. The Labute approximate surface area is 527 Å². The molecule has 28 heteroatoms. The Morgan fingerprint density at radius 1 is 0.826 bits per heavy atom. The summed E-state index contributed by atoms with van der Waals surface area (Å²) in [6, 6.07) is 7.70. The number of carbonyl (C=O) groups excluding carboxylic acids is 11. The van der Waals surface area contributed by atoms with Crippen LogP contribution in [-0.4, -0.2) is 158 Å². The molecule has 7 N–H and O–H groups in total. The van der Waals surface area contributed by atoms with E-state index in [1.807, 2.05) is 0 Å². The lowest BCUT2D eigenvalue weighted by atomic mass is 9.81. The number of fused-ring (bicyclic) bond motifs is 5. The summed E-state index contributed by atoms with van der Waals surface area (Å²) in [4.78, 5) is 168. The standard InChI is InChI=1S/C64H75FN10O17/c1-9-64(88)39-24-44-54-37(29-74(44)57(84)38(39)32-89-59(64)86)53-41(18-17-36-34(2)40(65)25-42(71-54)52(36)53)72-58(85)63(21-13-14-22-63)90-33-69-47(77)27-67-55(82)43(23-35-15-11-10-12-16-35)70-48(78)28-66-46(76)26-68-56(83)45(75-49(79)19-20-50(75)80)30-73(60(87)92-62(6,7)8)31-51(81)91-61(3,4)5/h10-12,15-16,19-20,24-25,41,43,45,88H,9,13-14,17-18,21-23,26-33H2,1-8H3,(H,66,76)(H,67,82)(H,68,83)(H,69,77)(H,70,78)(H,72,85)/t41-,43-,45-,64-/m0/s1. The van der Waals surface area contributed by atoms with Gasteiger partial charge >= 0.3 is 18.0 Å². The van der Waals surface area contributed by atoms with Crippen LogP contribution in [0.3, 0.4) is 0 Å². The molecule has 0 unspecified atom stereocenters. The number of carbonyl (C=O) groups is 11. The fraction of sp³-hybridized carbons (Fsp3) is 0.484. The van der Waals surface area contributed by atoms with E-state index in [1.54, 1.807) is 91.8 Å². The van der Waals surface area contributed by atoms with Crippen LogP contribution in [0.1, 0.15) is 132 Å². The van der Waals surface area contributed by atoms with Crippen molar-refractivity contribution in [2.24, 2.45) is 0 Å². The molecule has 2 aromatic carbocycles. The molecule has 0 saturated heterocycles. The number of hydrogen-bond donors (Lipinski definition) is 7. The van der Waals surface area contributed by atoms with Gasteiger partial charge in [0.25, 0.3) is 23.3 Å². The number of nitrogens with one attached hydrogen (secondary N) is 6. The highest BCUT2D eigenvalue weighted by atomic mass is 19.1. The average Bonchev–Trinajstić information content (AvgIpc) is 1.47. The lowest BCUT2D eigenvalue weighted by molar-refractivity contribution is -0.172. The van der Waals surface area contributed by atoms with Crippen molar-refractivity contribution in [3.05, 3.63) is 110 Å². The molecule has 4 atom stereocenters. The number of amides is 9. The van der Waals surface area contributed by atoms with Gasteiger partial charge in [0.1, 0.15) is 54.6 Å². The monoisotopic (exact) mass is 1270 g/mol. The number of esters is 2. The van der Waals surface area contributed by atoms with Crippen molar-refractivity contribution in [3.63, 3.8) is 0 Å². The van der Waals surface area contributed by atoms with Gasteiger partial charge in [0.2, 0.25) is 29.5 Å². The fourth-order valence-corrected chi connectivity index (χ4v) is 12.1. The number of aromatic nitrogens is 2. The van der Waals surface area contributed by atoms with E-state index in [0.717, 1.165) is 17.1 Å². The summed E-state index contributed by atoms with van der Waals surface area (Å²) in [5.41, 5.74) is -1.81. The molecule has 0 radical (unpaired) electrons. The number of ether oxygens (including phenoxy) is 4. The van der Waals surface area contributed by atoms with Crippen LogP contribution in [-0.2, 0) is 98.5 Å². The van der Waals surface area contributed by atoms with Crippen LogP contribution in [0, 0.1) is 12.7 Å². The normalized spacial score (nSPS) is 18.3. The maximum absolute atomic E-state index is 15.6. The SMILES string of the molecule is CC[C@@]1(O)C(=O)OCc2c1cc1n(c2=O)Cc2c-1nc1cc(F)c(C)c3c1c2[C@@H](NC(=O)C1(OCNC(=O)CNC(=O)[C@H](Cc2ccccc2)NC(=O)CNC(=O)CNC(=O)[C@H](CN(CC(=O)OC(C)(C)C)C(=O)OC(C)(C)C)N2C(=O)C=CC2=O)CCCC1)CC3. The number of hydrogen-bond acceptors (Lipinski definition) is 18. The highest BCUT2D eigenvalue weighted by molar-refractivity contribution is 6.15. The molecule has 4 aromatic rings. The number of halogens is 1. The summed E-state index contributed by atoms with van der Waals surface area (Å²) in [5, 5.41) is 27.6. The molecular formula is C64H75FN10O17. The zero-order chi connectivity index (χ0) is 66.8. The molecule has 1 fully saturated rings. The van der Waals surface area contributed by atoms with Crippen molar-refractivity contribution in [2.45, 2.75) is 160 Å². The van der Waals surface area contributed by atoms with E-state index in [-0.39, 0.29) is 37.1 Å². The lowest BCUT2D eigenvalue weighted by Crippen LogP contribution is -2.57. The first-order chi connectivity index (χ1) is 43.4. The fourth-order valence-electron chi connectivity index (χ4n) is 12.1. The van der Waals surface area contributed by atoms with Gasteiger partial charge in [-0.25, -0.2) is 19.0 Å². The van der Waals surface area contributed by atoms with Crippen molar-refractivity contribution >= 4 is 76.2 Å². The molecule has 0 spiro atoms. The predicted octanol–water partition coefficient (Wildman–Crippen LogP) is 1.98. The third-order valence-electron chi connectivity index (χ3n) is 16.6. The van der Waals surface area contributed by atoms with Gasteiger partial charge in [-0.15, -0.1) is 0 Å². The van der Waals surface area contributed by atoms with E-state index in [2.05, 4.69) is 31.9 Å². The Hall–Kier alpha value is -9.44. The van der Waals surface area contributed by atoms with Crippen LogP contribution < -0.4 is 37.5 Å². The van der Waals surface area contributed by atoms with Crippen molar-refractivity contribution in [3.8, 4) is 11.4 Å². The van der Waals surface area contributed by atoms with Crippen molar-refractivity contribution < 1.29 is 81.2 Å². The molecular weight excluding hydrogens is 1200 g/mol. The van der Waals surface area contributed by atoms with Gasteiger partial charge < -0.3 is 60.5 Å². The number of rotatable bonds is 22. The summed E-state index contributed by atoms with van der Waals surface area (Å²) in [7, 11) is 0. The molecule has 0 bridgehead atoms. The number of nitrogens with zero attached hydrogens (tertiary/aromatic N) is 4. The van der Waals surface area contributed by atoms with E-state index in [0.29, 0.717) is 93.5 Å². The van der Waals surface area contributed by atoms with E-state index < -0.39 is 157 Å². The molecule has 9 rings (SSSR count). The second kappa shape index (κ2) is 26.8. The second-order valence-electron chi connectivity index (χ2n) is 25.3. The van der Waals surface area contributed by atoms with Crippen LogP contribution in [0.4, 0.5) is 9.18 Å². The van der Waals surface area contributed by atoms with E-state index in [4.69, 9.17) is 23.9 Å². The average molecular weight is 1280 g/mol. The molecule has 5 heterocycles. The number of benzene rings is 2. The minimum absolute atomic E-state index is 0.0292. The number of pyridine rings is 2. The largest absolute Gasteiger partial charge is 0.459 e. The van der Waals surface area contributed by atoms with Crippen LogP contribution in [0.5, 0.6) is 0 Å². The molecule has 92 heavy (non-hydrogen) atoms. The second-order valence-corrected chi connectivity index (χ2v) is 25.3. The summed E-state index contributed by atoms with van der Waals surface area (Å²) in [6.07, 6.45) is 3.14. The van der Waals surface area contributed by atoms with Gasteiger partial charge in [0.05, 0.1) is 61.2 Å². The highest BCUT2D eigenvalue weighted by Gasteiger charge is 2.48. The highest BCUT2D eigenvalue weighted by Crippen LogP contribution is 2.47. The zero-order valence-corrected chi connectivity index (χ0v) is 52.4. The van der Waals surface area contributed by atoms with Gasteiger partial charge in [0, 0.05) is 41.2 Å². The minimum atomic E-state index is -2.08.